The van der Waals surface area contributed by atoms with Crippen LogP contribution in [0.1, 0.15) is 233 Å². The summed E-state index contributed by atoms with van der Waals surface area (Å²) in [6, 6.07) is 0. The van der Waals surface area contributed by atoms with Crippen LogP contribution >= 0.6 is 0 Å². The number of ether oxygens (including phenoxy) is 3. The van der Waals surface area contributed by atoms with Gasteiger partial charge in [0, 0.05) is 19.3 Å². The quantitative estimate of drug-likeness (QED) is 0.0364. The molecule has 6 nitrogen and oxygen atoms in total. The fourth-order valence-corrected chi connectivity index (χ4v) is 6.27. The smallest absolute Gasteiger partial charge is 0.306 e. The highest BCUT2D eigenvalue weighted by molar-refractivity contribution is 5.71. The zero-order valence-electron chi connectivity index (χ0n) is 33.1. The van der Waals surface area contributed by atoms with Crippen LogP contribution in [0.25, 0.3) is 0 Å². The molecule has 0 aromatic heterocycles. The van der Waals surface area contributed by atoms with Crippen molar-refractivity contribution in [2.24, 2.45) is 5.92 Å². The summed E-state index contributed by atoms with van der Waals surface area (Å²) in [5.74, 6) is -0.0850. The number of esters is 3. The largest absolute Gasteiger partial charge is 0.462 e. The van der Waals surface area contributed by atoms with Gasteiger partial charge in [-0.25, -0.2) is 0 Å². The van der Waals surface area contributed by atoms with Gasteiger partial charge in [0.25, 0.3) is 0 Å². The lowest BCUT2D eigenvalue weighted by Gasteiger charge is -2.18. The average molecular weight is 695 g/mol. The lowest BCUT2D eigenvalue weighted by molar-refractivity contribution is -0.167. The van der Waals surface area contributed by atoms with Crippen molar-refractivity contribution in [2.75, 3.05) is 13.2 Å². The predicted molar refractivity (Wildman–Crippen MR) is 206 cm³/mol. The molecule has 0 fully saturated rings. The summed E-state index contributed by atoms with van der Waals surface area (Å²) in [6.07, 6.45) is 35.2. The Hall–Kier alpha value is -1.59. The van der Waals surface area contributed by atoms with Crippen LogP contribution in [0.2, 0.25) is 0 Å². The summed E-state index contributed by atoms with van der Waals surface area (Å²) in [5.41, 5.74) is 0. The van der Waals surface area contributed by atoms with Gasteiger partial charge >= 0.3 is 17.9 Å². The van der Waals surface area contributed by atoms with Gasteiger partial charge in [-0.2, -0.15) is 0 Å². The number of rotatable bonds is 38. The van der Waals surface area contributed by atoms with E-state index in [0.717, 1.165) is 63.7 Å². The molecule has 0 rings (SSSR count). The van der Waals surface area contributed by atoms with Gasteiger partial charge < -0.3 is 14.2 Å². The minimum absolute atomic E-state index is 0.0650. The normalized spacial score (nSPS) is 11.9. The Morgan fingerprint density at radius 2 is 0.673 bits per heavy atom. The molecule has 0 aliphatic rings. The Labute approximate surface area is 304 Å². The summed E-state index contributed by atoms with van der Waals surface area (Å²) in [7, 11) is 0. The molecule has 0 radical (unpaired) electrons. The molecule has 0 heterocycles. The molecule has 6 heteroatoms. The number of hydrogen-bond acceptors (Lipinski definition) is 6. The summed E-state index contributed by atoms with van der Waals surface area (Å²) in [4.78, 5) is 37.5. The van der Waals surface area contributed by atoms with Gasteiger partial charge in [0.15, 0.2) is 6.10 Å². The summed E-state index contributed by atoms with van der Waals surface area (Å²) in [6.45, 7) is 8.91. The monoisotopic (exact) mass is 695 g/mol. The molecule has 0 bridgehead atoms. The highest BCUT2D eigenvalue weighted by Gasteiger charge is 2.19. The van der Waals surface area contributed by atoms with E-state index in [1.165, 1.54) is 128 Å². The summed E-state index contributed by atoms with van der Waals surface area (Å²) < 4.78 is 16.6. The third-order valence-corrected chi connectivity index (χ3v) is 9.54. The van der Waals surface area contributed by atoms with E-state index in [9.17, 15) is 14.4 Å². The first-order valence-electron chi connectivity index (χ1n) is 21.4. The zero-order valence-corrected chi connectivity index (χ0v) is 33.1. The third-order valence-electron chi connectivity index (χ3n) is 9.54. The number of hydrogen-bond donors (Lipinski definition) is 0. The number of carbonyl (C=O) groups is 3. The molecular weight excluding hydrogens is 612 g/mol. The molecule has 0 aliphatic carbocycles. The highest BCUT2D eigenvalue weighted by atomic mass is 16.6. The third kappa shape index (κ3) is 37.5. The van der Waals surface area contributed by atoms with Gasteiger partial charge in [-0.15, -0.1) is 0 Å². The average Bonchev–Trinajstić information content (AvgIpc) is 3.08. The molecule has 290 valence electrons. The van der Waals surface area contributed by atoms with Crippen LogP contribution < -0.4 is 0 Å². The standard InChI is InChI=1S/C43H82O6/c1-5-7-9-11-13-15-17-19-23-27-31-35-42(45)48-38-40(49-43(46)36-32-28-24-20-21-25-29-33-39(3)4)37-47-41(44)34-30-26-22-18-16-14-12-10-8-6-2/h39-40H,5-38H2,1-4H3/t40-/m0/s1. The van der Waals surface area contributed by atoms with E-state index in [2.05, 4.69) is 27.7 Å². The highest BCUT2D eigenvalue weighted by Crippen LogP contribution is 2.15. The van der Waals surface area contributed by atoms with E-state index in [0.29, 0.717) is 19.3 Å². The van der Waals surface area contributed by atoms with Crippen LogP contribution in [-0.2, 0) is 28.6 Å². The molecule has 0 spiro atoms. The van der Waals surface area contributed by atoms with Gasteiger partial charge in [0.2, 0.25) is 0 Å². The number of unbranched alkanes of at least 4 members (excludes halogenated alkanes) is 25. The van der Waals surface area contributed by atoms with E-state index in [1.54, 1.807) is 0 Å². The number of carbonyl (C=O) groups excluding carboxylic acids is 3. The van der Waals surface area contributed by atoms with Crippen LogP contribution in [-0.4, -0.2) is 37.2 Å². The van der Waals surface area contributed by atoms with E-state index < -0.39 is 6.10 Å². The Balaban J connectivity index is 4.34. The molecule has 0 unspecified atom stereocenters. The molecule has 0 saturated carbocycles. The maximum atomic E-state index is 12.6. The van der Waals surface area contributed by atoms with Crippen molar-refractivity contribution in [2.45, 2.75) is 239 Å². The molecule has 0 N–H and O–H groups in total. The first-order chi connectivity index (χ1) is 23.9. The van der Waals surface area contributed by atoms with Gasteiger partial charge in [-0.05, 0) is 25.2 Å². The topological polar surface area (TPSA) is 78.9 Å². The molecule has 1 atom stereocenters. The molecule has 0 saturated heterocycles. The van der Waals surface area contributed by atoms with Crippen molar-refractivity contribution in [1.29, 1.82) is 0 Å². The zero-order chi connectivity index (χ0) is 36.0. The van der Waals surface area contributed by atoms with Gasteiger partial charge in [-0.3, -0.25) is 14.4 Å². The Kier molecular flexibility index (Phi) is 36.4. The van der Waals surface area contributed by atoms with Gasteiger partial charge in [-0.1, -0.05) is 195 Å². The Bertz CT molecular complexity index is 736. The summed E-state index contributed by atoms with van der Waals surface area (Å²) in [5, 5.41) is 0. The van der Waals surface area contributed by atoms with Crippen LogP contribution in [0.3, 0.4) is 0 Å². The minimum Gasteiger partial charge on any atom is -0.462 e. The lowest BCUT2D eigenvalue weighted by atomic mass is 10.0. The van der Waals surface area contributed by atoms with E-state index in [4.69, 9.17) is 14.2 Å². The molecule has 0 aliphatic heterocycles. The van der Waals surface area contributed by atoms with Crippen LogP contribution in [0, 0.1) is 5.92 Å². The van der Waals surface area contributed by atoms with E-state index in [-0.39, 0.29) is 31.1 Å². The fourth-order valence-electron chi connectivity index (χ4n) is 6.27. The van der Waals surface area contributed by atoms with Crippen molar-refractivity contribution >= 4 is 17.9 Å². The second-order valence-electron chi connectivity index (χ2n) is 15.1. The van der Waals surface area contributed by atoms with Crippen molar-refractivity contribution in [1.82, 2.24) is 0 Å². The van der Waals surface area contributed by atoms with Crippen molar-refractivity contribution < 1.29 is 28.6 Å². The van der Waals surface area contributed by atoms with E-state index in [1.807, 2.05) is 0 Å². The van der Waals surface area contributed by atoms with E-state index >= 15 is 0 Å². The SMILES string of the molecule is CCCCCCCCCCCCCC(=O)OC[C@H](COC(=O)CCCCCCCCCCCC)OC(=O)CCCCCCCCCC(C)C. The fraction of sp³-hybridized carbons (Fsp3) is 0.930. The maximum absolute atomic E-state index is 12.6. The summed E-state index contributed by atoms with van der Waals surface area (Å²) >= 11 is 0. The van der Waals surface area contributed by atoms with Crippen molar-refractivity contribution in [3.63, 3.8) is 0 Å². The van der Waals surface area contributed by atoms with Crippen molar-refractivity contribution in [3.8, 4) is 0 Å². The van der Waals surface area contributed by atoms with Crippen LogP contribution in [0.15, 0.2) is 0 Å². The first-order valence-corrected chi connectivity index (χ1v) is 21.4. The second kappa shape index (κ2) is 37.7. The van der Waals surface area contributed by atoms with Gasteiger partial charge in [0.05, 0.1) is 0 Å². The molecule has 0 aromatic carbocycles. The predicted octanol–water partition coefficient (Wildman–Crippen LogP) is 13.2. The first kappa shape index (κ1) is 47.4. The second-order valence-corrected chi connectivity index (χ2v) is 15.1. The molecule has 0 aromatic rings. The maximum Gasteiger partial charge on any atom is 0.306 e. The van der Waals surface area contributed by atoms with Crippen LogP contribution in [0.4, 0.5) is 0 Å². The molecule has 0 amide bonds. The molecule has 49 heavy (non-hydrogen) atoms. The van der Waals surface area contributed by atoms with Crippen molar-refractivity contribution in [3.05, 3.63) is 0 Å². The minimum atomic E-state index is -0.758. The Morgan fingerprint density at radius 3 is 1.00 bits per heavy atom. The molecular formula is C43H82O6. The lowest BCUT2D eigenvalue weighted by Crippen LogP contribution is -2.30. The van der Waals surface area contributed by atoms with Gasteiger partial charge in [0.1, 0.15) is 13.2 Å². The van der Waals surface area contributed by atoms with Crippen LogP contribution in [0.5, 0.6) is 0 Å². The Morgan fingerprint density at radius 1 is 0.388 bits per heavy atom.